The molecule has 0 aliphatic carbocycles. The molecule has 2 rings (SSSR count). The van der Waals surface area contributed by atoms with Crippen molar-refractivity contribution in [3.8, 4) is 11.8 Å². The first-order valence-electron chi connectivity index (χ1n) is 6.05. The van der Waals surface area contributed by atoms with Crippen LogP contribution in [-0.4, -0.2) is 43.0 Å². The molecule has 1 aliphatic rings. The van der Waals surface area contributed by atoms with E-state index in [-0.39, 0.29) is 25.3 Å². The van der Waals surface area contributed by atoms with Gasteiger partial charge >= 0.3 is 6.36 Å². The normalized spacial score (nSPS) is 19.0. The van der Waals surface area contributed by atoms with Crippen molar-refractivity contribution in [2.45, 2.75) is 12.4 Å². The van der Waals surface area contributed by atoms with Gasteiger partial charge in [-0.2, -0.15) is 5.26 Å². The molecule has 0 spiro atoms. The number of benzene rings is 1. The molecule has 0 saturated carbocycles. The fourth-order valence-corrected chi connectivity index (χ4v) is 1.95. The minimum atomic E-state index is -4.82. The van der Waals surface area contributed by atoms with Crippen molar-refractivity contribution in [2.75, 3.05) is 19.8 Å². The molecular weight excluding hydrogens is 289 g/mol. The van der Waals surface area contributed by atoms with Crippen LogP contribution in [0.25, 0.3) is 0 Å². The molecule has 1 saturated heterocycles. The predicted molar refractivity (Wildman–Crippen MR) is 64.4 cm³/mol. The van der Waals surface area contributed by atoms with E-state index in [9.17, 15) is 18.0 Å². The van der Waals surface area contributed by atoms with Crippen LogP contribution < -0.4 is 4.74 Å². The average molecular weight is 300 g/mol. The second kappa shape index (κ2) is 6.01. The fraction of sp³-hybridized carbons (Fsp3) is 0.385. The van der Waals surface area contributed by atoms with Gasteiger partial charge in [0.25, 0.3) is 5.91 Å². The summed E-state index contributed by atoms with van der Waals surface area (Å²) < 4.78 is 45.4. The van der Waals surface area contributed by atoms with Crippen molar-refractivity contribution >= 4 is 5.91 Å². The lowest BCUT2D eigenvalue weighted by Crippen LogP contribution is -2.47. The average Bonchev–Trinajstić information content (AvgIpc) is 2.45. The molecule has 1 amide bonds. The van der Waals surface area contributed by atoms with Crippen LogP contribution in [0.1, 0.15) is 10.4 Å². The molecule has 1 aliphatic heterocycles. The minimum Gasteiger partial charge on any atom is -0.406 e. The zero-order valence-electron chi connectivity index (χ0n) is 10.8. The lowest BCUT2D eigenvalue weighted by Gasteiger charge is -2.31. The van der Waals surface area contributed by atoms with Crippen LogP contribution in [0.15, 0.2) is 24.3 Å². The highest BCUT2D eigenvalue weighted by Gasteiger charge is 2.32. The van der Waals surface area contributed by atoms with Gasteiger partial charge in [-0.25, -0.2) is 0 Å². The third-order valence-corrected chi connectivity index (χ3v) is 2.85. The number of alkyl halides is 3. The van der Waals surface area contributed by atoms with E-state index >= 15 is 0 Å². The summed E-state index contributed by atoms with van der Waals surface area (Å²) in [5.74, 6) is -1.01. The van der Waals surface area contributed by atoms with E-state index in [0.717, 1.165) is 12.1 Å². The number of carbonyl (C=O) groups excluding carboxylic acids is 1. The van der Waals surface area contributed by atoms with Crippen molar-refractivity contribution in [1.29, 1.82) is 5.26 Å². The van der Waals surface area contributed by atoms with E-state index in [2.05, 4.69) is 4.74 Å². The van der Waals surface area contributed by atoms with E-state index in [4.69, 9.17) is 10.00 Å². The molecule has 0 unspecified atom stereocenters. The fourth-order valence-electron chi connectivity index (χ4n) is 1.95. The summed E-state index contributed by atoms with van der Waals surface area (Å²) >= 11 is 0. The maximum Gasteiger partial charge on any atom is 0.573 e. The van der Waals surface area contributed by atoms with Gasteiger partial charge < -0.3 is 14.4 Å². The molecule has 1 aromatic rings. The van der Waals surface area contributed by atoms with Gasteiger partial charge in [-0.15, -0.1) is 13.2 Å². The number of rotatable bonds is 2. The largest absolute Gasteiger partial charge is 0.573 e. The van der Waals surface area contributed by atoms with Gasteiger partial charge in [-0.1, -0.05) is 6.07 Å². The number of halogens is 3. The van der Waals surface area contributed by atoms with E-state index in [0.29, 0.717) is 0 Å². The van der Waals surface area contributed by atoms with Crippen LogP contribution in [0, 0.1) is 11.3 Å². The second-order valence-electron chi connectivity index (χ2n) is 4.29. The number of hydrogen-bond donors (Lipinski definition) is 0. The summed E-state index contributed by atoms with van der Waals surface area (Å²) in [4.78, 5) is 13.5. The SMILES string of the molecule is N#C[C@@H]1COCCN1C(=O)c1cccc(OC(F)(F)F)c1. The summed E-state index contributed by atoms with van der Waals surface area (Å²) in [6.45, 7) is 0.574. The van der Waals surface area contributed by atoms with Crippen LogP contribution in [0.5, 0.6) is 5.75 Å². The number of morpholine rings is 1. The van der Waals surface area contributed by atoms with Crippen molar-refractivity contribution in [3.63, 3.8) is 0 Å². The quantitative estimate of drug-likeness (QED) is 0.837. The number of ether oxygens (including phenoxy) is 2. The topological polar surface area (TPSA) is 62.6 Å². The summed E-state index contributed by atoms with van der Waals surface area (Å²) in [5, 5.41) is 8.97. The standard InChI is InChI=1S/C13H11F3N2O3/c14-13(15,16)21-11-3-1-2-9(6-11)12(19)18-4-5-20-8-10(18)7-17/h1-3,6,10H,4-5,8H2/t10-/m1/s1. The third kappa shape index (κ3) is 3.86. The van der Waals surface area contributed by atoms with Crippen LogP contribution in [0.2, 0.25) is 0 Å². The molecule has 0 radical (unpaired) electrons. The number of carbonyl (C=O) groups is 1. The van der Waals surface area contributed by atoms with Gasteiger partial charge in [0.1, 0.15) is 11.8 Å². The first kappa shape index (κ1) is 15.1. The van der Waals surface area contributed by atoms with Crippen LogP contribution in [-0.2, 0) is 4.74 Å². The number of nitriles is 1. The van der Waals surface area contributed by atoms with Crippen molar-refractivity contribution in [2.24, 2.45) is 0 Å². The molecule has 1 fully saturated rings. The van der Waals surface area contributed by atoms with Gasteiger partial charge in [0, 0.05) is 12.1 Å². The van der Waals surface area contributed by atoms with E-state index in [1.165, 1.54) is 17.0 Å². The smallest absolute Gasteiger partial charge is 0.406 e. The zero-order valence-corrected chi connectivity index (χ0v) is 10.8. The lowest BCUT2D eigenvalue weighted by atomic mass is 10.1. The molecule has 0 bridgehead atoms. The molecule has 1 atom stereocenters. The number of hydrogen-bond acceptors (Lipinski definition) is 4. The molecule has 1 heterocycles. The van der Waals surface area contributed by atoms with Crippen molar-refractivity contribution < 1.29 is 27.4 Å². The van der Waals surface area contributed by atoms with Gasteiger partial charge in [-0.05, 0) is 18.2 Å². The van der Waals surface area contributed by atoms with Crippen molar-refractivity contribution in [3.05, 3.63) is 29.8 Å². The number of amides is 1. The Morgan fingerprint density at radius 1 is 1.48 bits per heavy atom. The van der Waals surface area contributed by atoms with Crippen LogP contribution >= 0.6 is 0 Å². The highest BCUT2D eigenvalue weighted by atomic mass is 19.4. The first-order chi connectivity index (χ1) is 9.90. The monoisotopic (exact) mass is 300 g/mol. The molecule has 8 heteroatoms. The third-order valence-electron chi connectivity index (χ3n) is 2.85. The molecule has 0 N–H and O–H groups in total. The summed E-state index contributed by atoms with van der Waals surface area (Å²) in [7, 11) is 0. The first-order valence-corrected chi connectivity index (χ1v) is 6.05. The van der Waals surface area contributed by atoms with Gasteiger partial charge in [0.05, 0.1) is 19.3 Å². The molecule has 21 heavy (non-hydrogen) atoms. The molecule has 1 aromatic carbocycles. The van der Waals surface area contributed by atoms with Crippen LogP contribution in [0.3, 0.4) is 0 Å². The second-order valence-corrected chi connectivity index (χ2v) is 4.29. The Bertz CT molecular complexity index is 569. The van der Waals surface area contributed by atoms with E-state index < -0.39 is 24.1 Å². The van der Waals surface area contributed by atoms with Gasteiger partial charge in [0.2, 0.25) is 0 Å². The maximum atomic E-state index is 12.3. The Morgan fingerprint density at radius 3 is 2.90 bits per heavy atom. The summed E-state index contributed by atoms with van der Waals surface area (Å²) in [6.07, 6.45) is -4.82. The summed E-state index contributed by atoms with van der Waals surface area (Å²) in [6, 6.07) is 5.94. The maximum absolute atomic E-state index is 12.3. The lowest BCUT2D eigenvalue weighted by molar-refractivity contribution is -0.274. The highest BCUT2D eigenvalue weighted by Crippen LogP contribution is 2.24. The van der Waals surface area contributed by atoms with Crippen LogP contribution in [0.4, 0.5) is 13.2 Å². The molecule has 112 valence electrons. The molecule has 0 aromatic heterocycles. The molecular formula is C13H11F3N2O3. The Balaban J connectivity index is 2.19. The zero-order chi connectivity index (χ0) is 15.5. The Kier molecular flexibility index (Phi) is 4.33. The van der Waals surface area contributed by atoms with Gasteiger partial charge in [0.15, 0.2) is 0 Å². The Morgan fingerprint density at radius 2 is 2.24 bits per heavy atom. The van der Waals surface area contributed by atoms with E-state index in [1.807, 2.05) is 6.07 Å². The Labute approximate surface area is 118 Å². The molecule has 5 nitrogen and oxygen atoms in total. The highest BCUT2D eigenvalue weighted by molar-refractivity contribution is 5.95. The predicted octanol–water partition coefficient (Wildman–Crippen LogP) is 1.95. The van der Waals surface area contributed by atoms with Crippen molar-refractivity contribution in [1.82, 2.24) is 4.90 Å². The van der Waals surface area contributed by atoms with E-state index in [1.54, 1.807) is 0 Å². The Hall–Kier alpha value is -2.27. The summed E-state index contributed by atoms with van der Waals surface area (Å²) in [5.41, 5.74) is 0.0268. The number of nitrogens with zero attached hydrogens (tertiary/aromatic N) is 2. The van der Waals surface area contributed by atoms with Gasteiger partial charge in [-0.3, -0.25) is 4.79 Å². The minimum absolute atomic E-state index is 0.0268.